The van der Waals surface area contributed by atoms with E-state index in [0.717, 1.165) is 0 Å². The molecule has 0 saturated carbocycles. The summed E-state index contributed by atoms with van der Waals surface area (Å²) in [6.07, 6.45) is 6.30. The van der Waals surface area contributed by atoms with E-state index in [1.807, 2.05) is 48.5 Å². The highest BCUT2D eigenvalue weighted by atomic mass is 16.1. The third-order valence-corrected chi connectivity index (χ3v) is 6.66. The van der Waals surface area contributed by atoms with Crippen molar-refractivity contribution in [1.29, 1.82) is 0 Å². The van der Waals surface area contributed by atoms with Crippen molar-refractivity contribution in [2.24, 2.45) is 9.98 Å². The molecule has 5 rings (SSSR count). The van der Waals surface area contributed by atoms with Crippen LogP contribution in [0.1, 0.15) is 48.4 Å². The second-order valence-corrected chi connectivity index (χ2v) is 9.66. The summed E-state index contributed by atoms with van der Waals surface area (Å²) >= 11 is 0. The van der Waals surface area contributed by atoms with Crippen LogP contribution < -0.4 is 0 Å². The Labute approximate surface area is 244 Å². The van der Waals surface area contributed by atoms with E-state index in [9.17, 15) is 9.59 Å². The lowest BCUT2D eigenvalue weighted by Crippen LogP contribution is -2.14. The number of ketones is 2. The van der Waals surface area contributed by atoms with Gasteiger partial charge in [0.05, 0.1) is 0 Å². The van der Waals surface area contributed by atoms with E-state index in [0.29, 0.717) is 67.8 Å². The number of hydrogen-bond acceptors (Lipinski definition) is 6. The lowest BCUT2D eigenvalue weighted by Gasteiger charge is -2.30. The minimum absolute atomic E-state index is 0.246. The first kappa shape index (κ1) is 28.0. The van der Waals surface area contributed by atoms with Gasteiger partial charge in [0, 0.05) is 69.9 Å². The Hall–Kier alpha value is -5.50. The van der Waals surface area contributed by atoms with Gasteiger partial charge >= 0.3 is 0 Å². The van der Waals surface area contributed by atoms with E-state index in [2.05, 4.69) is 9.97 Å². The van der Waals surface area contributed by atoms with Gasteiger partial charge in [-0.3, -0.25) is 29.5 Å². The molecule has 0 amide bonds. The number of rotatable bonds is 4. The van der Waals surface area contributed by atoms with Crippen molar-refractivity contribution >= 4 is 45.7 Å². The summed E-state index contributed by atoms with van der Waals surface area (Å²) in [5.74, 6) is -0.491. The third-order valence-electron chi connectivity index (χ3n) is 6.66. The third kappa shape index (κ3) is 5.97. The van der Waals surface area contributed by atoms with Crippen LogP contribution in [0.4, 0.5) is 22.7 Å². The van der Waals surface area contributed by atoms with Gasteiger partial charge in [-0.1, -0.05) is 50.2 Å². The van der Waals surface area contributed by atoms with Crippen LogP contribution in [0.25, 0.3) is 10.6 Å². The van der Waals surface area contributed by atoms with Gasteiger partial charge in [0.2, 0.25) is 0 Å². The Morgan fingerprint density at radius 1 is 0.548 bits per heavy atom. The molecule has 3 heterocycles. The summed E-state index contributed by atoms with van der Waals surface area (Å²) in [4.78, 5) is 45.6. The van der Waals surface area contributed by atoms with Crippen molar-refractivity contribution in [2.75, 3.05) is 0 Å². The van der Waals surface area contributed by atoms with Crippen LogP contribution >= 0.6 is 0 Å². The fourth-order valence-corrected chi connectivity index (χ4v) is 4.72. The number of benzene rings is 2. The number of pyridine rings is 2. The fourth-order valence-electron chi connectivity index (χ4n) is 4.72. The first-order valence-electron chi connectivity index (χ1n) is 13.4. The van der Waals surface area contributed by atoms with E-state index in [4.69, 9.17) is 20.6 Å². The monoisotopic (exact) mass is 552 g/mol. The minimum atomic E-state index is -0.246. The molecule has 8 nitrogen and oxygen atoms in total. The topological polar surface area (TPSA) is 113 Å². The number of para-hydroxylation sites is 4. The van der Waals surface area contributed by atoms with Crippen LogP contribution in [0.15, 0.2) is 130 Å². The lowest BCUT2D eigenvalue weighted by molar-refractivity contribution is 0.103. The van der Waals surface area contributed by atoms with Crippen molar-refractivity contribution in [2.45, 2.75) is 27.7 Å². The molecular weight excluding hydrogens is 524 g/mol. The standard InChI is InChI=1S/C34H30N6O2/c1-21-31(33(41)25-11-9-17-35-19-25)22(2)38-29-15-7-8-16-30(29)40-24(4)32(34(42)26-12-10-18-36-20-26)23(3)39-28-14-6-5-13-27(28)37-21/h5-20H,1-4H3,(H2,37,38,39,40,41,42)/p-2. The van der Waals surface area contributed by atoms with Crippen molar-refractivity contribution in [3.8, 4) is 0 Å². The summed E-state index contributed by atoms with van der Waals surface area (Å²) in [6.45, 7) is 7.11. The molecular formula is C34H28N6O2-2. The number of allylic oxidation sites excluding steroid dienone is 4. The zero-order valence-electron chi connectivity index (χ0n) is 23.7. The van der Waals surface area contributed by atoms with Crippen LogP contribution in [0.2, 0.25) is 0 Å². The number of Topliss-reactive ketones (excluding diaryl/α,β-unsaturated/α-hetero) is 2. The van der Waals surface area contributed by atoms with E-state index in [1.165, 1.54) is 12.4 Å². The van der Waals surface area contributed by atoms with Crippen LogP contribution in [0, 0.1) is 0 Å². The van der Waals surface area contributed by atoms with Gasteiger partial charge in [-0.05, 0) is 50.2 Å². The number of carbonyl (C=O) groups excluding carboxylic acids is 2. The maximum absolute atomic E-state index is 13.8. The van der Waals surface area contributed by atoms with Gasteiger partial charge in [0.15, 0.2) is 11.6 Å². The van der Waals surface area contributed by atoms with Gasteiger partial charge in [0.25, 0.3) is 0 Å². The van der Waals surface area contributed by atoms with Gasteiger partial charge in [-0.2, -0.15) is 0 Å². The summed E-state index contributed by atoms with van der Waals surface area (Å²) in [6, 6.07) is 21.5. The highest BCUT2D eigenvalue weighted by Gasteiger charge is 2.18. The molecule has 0 atom stereocenters. The van der Waals surface area contributed by atoms with Gasteiger partial charge in [-0.15, -0.1) is 22.8 Å². The molecule has 4 aromatic rings. The smallest absolute Gasteiger partial charge is 0.194 e. The Bertz CT molecular complexity index is 1650. The van der Waals surface area contributed by atoms with Crippen molar-refractivity contribution in [1.82, 2.24) is 9.97 Å². The maximum atomic E-state index is 13.8. The largest absolute Gasteiger partial charge is 0.659 e. The molecule has 8 heteroatoms. The van der Waals surface area contributed by atoms with Gasteiger partial charge < -0.3 is 10.6 Å². The molecule has 0 fully saturated rings. The first-order chi connectivity index (χ1) is 20.3. The number of aliphatic imine (C=N–C) groups is 2. The number of carbonyl (C=O) groups is 2. The second-order valence-electron chi connectivity index (χ2n) is 9.66. The minimum Gasteiger partial charge on any atom is -0.659 e. The van der Waals surface area contributed by atoms with E-state index in [1.54, 1.807) is 64.4 Å². The summed E-state index contributed by atoms with van der Waals surface area (Å²) in [7, 11) is 0. The molecule has 1 aliphatic heterocycles. The average Bonchev–Trinajstić information content (AvgIpc) is 2.99. The van der Waals surface area contributed by atoms with Crippen molar-refractivity contribution in [3.63, 3.8) is 0 Å². The summed E-state index contributed by atoms with van der Waals surface area (Å²) < 4.78 is 0. The first-order valence-corrected chi connectivity index (χ1v) is 13.4. The highest BCUT2D eigenvalue weighted by molar-refractivity contribution is 6.29. The molecule has 0 radical (unpaired) electrons. The number of aromatic nitrogens is 2. The molecule has 0 N–H and O–H groups in total. The predicted octanol–water partition coefficient (Wildman–Crippen LogP) is 8.70. The average molecular weight is 553 g/mol. The molecule has 1 aliphatic rings. The number of hydrogen-bond donors (Lipinski definition) is 0. The normalized spacial score (nSPS) is 17.3. The highest BCUT2D eigenvalue weighted by Crippen LogP contribution is 2.40. The molecule has 42 heavy (non-hydrogen) atoms. The Morgan fingerprint density at radius 2 is 0.952 bits per heavy atom. The van der Waals surface area contributed by atoms with E-state index >= 15 is 0 Å². The molecule has 2 aromatic carbocycles. The Balaban J connectivity index is 1.75. The van der Waals surface area contributed by atoms with E-state index < -0.39 is 0 Å². The van der Waals surface area contributed by atoms with Crippen molar-refractivity contribution < 1.29 is 9.59 Å². The number of fused-ring (bicyclic) bond motifs is 2. The van der Waals surface area contributed by atoms with Crippen LogP contribution in [-0.2, 0) is 0 Å². The van der Waals surface area contributed by atoms with Gasteiger partial charge in [-0.25, -0.2) is 0 Å². The van der Waals surface area contributed by atoms with Crippen LogP contribution in [-0.4, -0.2) is 33.0 Å². The molecule has 0 saturated heterocycles. The number of nitrogens with zero attached hydrogens (tertiary/aromatic N) is 6. The molecule has 208 valence electrons. The SMILES string of the molecule is CC1=Nc2ccccc2[N-]/C(C)=C(/C(=O)c2cccnc2)C(C)=Nc2ccccc2[N-]/C(C)=C\1C(=O)c1cccnc1. The quantitative estimate of drug-likeness (QED) is 0.236. The molecule has 0 aliphatic carbocycles. The summed E-state index contributed by atoms with van der Waals surface area (Å²) in [5, 5.41) is 9.72. The molecule has 2 aromatic heterocycles. The molecule has 0 unspecified atom stereocenters. The zero-order valence-corrected chi connectivity index (χ0v) is 23.7. The van der Waals surface area contributed by atoms with E-state index in [-0.39, 0.29) is 11.6 Å². The second kappa shape index (κ2) is 12.3. The van der Waals surface area contributed by atoms with Crippen molar-refractivity contribution in [3.05, 3.63) is 142 Å². The fraction of sp³-hybridized carbons (Fsp3) is 0.118. The zero-order chi connectivity index (χ0) is 29.6. The predicted molar refractivity (Wildman–Crippen MR) is 167 cm³/mol. The molecule has 0 bridgehead atoms. The maximum Gasteiger partial charge on any atom is 0.194 e. The van der Waals surface area contributed by atoms with Crippen LogP contribution in [0.5, 0.6) is 0 Å². The Kier molecular flexibility index (Phi) is 8.24. The summed E-state index contributed by atoms with van der Waals surface area (Å²) in [5.41, 5.74) is 5.59. The lowest BCUT2D eigenvalue weighted by atomic mass is 9.98. The molecule has 0 spiro atoms. The van der Waals surface area contributed by atoms with Gasteiger partial charge in [0.1, 0.15) is 0 Å². The Morgan fingerprint density at radius 3 is 1.33 bits per heavy atom. The van der Waals surface area contributed by atoms with Crippen LogP contribution in [0.3, 0.4) is 0 Å².